The molecule has 4 heterocycles. The van der Waals surface area contributed by atoms with Gasteiger partial charge in [-0.05, 0) is 55.4 Å². The summed E-state index contributed by atoms with van der Waals surface area (Å²) in [5.41, 5.74) is 10.0. The second-order valence-electron chi connectivity index (χ2n) is 9.35. The normalized spacial score (nSPS) is 23.9. The number of piperidine rings is 2. The number of pyridine rings is 1. The van der Waals surface area contributed by atoms with E-state index in [9.17, 15) is 9.59 Å². The summed E-state index contributed by atoms with van der Waals surface area (Å²) in [5.74, 6) is 1.56. The van der Waals surface area contributed by atoms with Crippen molar-refractivity contribution in [3.8, 4) is 0 Å². The number of fused-ring (bicyclic) bond motifs is 4. The molecule has 3 aliphatic rings. The van der Waals surface area contributed by atoms with Gasteiger partial charge in [0.25, 0.3) is 11.5 Å². The van der Waals surface area contributed by atoms with Crippen LogP contribution in [0.25, 0.3) is 0 Å². The fraction of sp³-hybridized carbons (Fsp3) is 0.500. The highest BCUT2D eigenvalue weighted by atomic mass is 16.2. The lowest BCUT2D eigenvalue weighted by molar-refractivity contribution is 0.0697. The van der Waals surface area contributed by atoms with Crippen LogP contribution in [0.1, 0.15) is 48.2 Å². The summed E-state index contributed by atoms with van der Waals surface area (Å²) in [6.07, 6.45) is 3.25. The number of hydrogen-bond acceptors (Lipinski definition) is 4. The molecule has 2 unspecified atom stereocenters. The van der Waals surface area contributed by atoms with Crippen LogP contribution in [0.15, 0.2) is 41.2 Å². The summed E-state index contributed by atoms with van der Waals surface area (Å²) >= 11 is 0. The van der Waals surface area contributed by atoms with Gasteiger partial charge in [0.2, 0.25) is 0 Å². The van der Waals surface area contributed by atoms with Crippen molar-refractivity contribution in [1.82, 2.24) is 9.47 Å². The fourth-order valence-electron chi connectivity index (χ4n) is 5.46. The van der Waals surface area contributed by atoms with Crippen LogP contribution in [0.5, 0.6) is 0 Å². The van der Waals surface area contributed by atoms with Gasteiger partial charge in [-0.25, -0.2) is 0 Å². The molecule has 0 saturated carbocycles. The minimum atomic E-state index is 0.0870. The van der Waals surface area contributed by atoms with Gasteiger partial charge in [-0.3, -0.25) is 9.59 Å². The van der Waals surface area contributed by atoms with Crippen LogP contribution in [-0.4, -0.2) is 41.6 Å². The average molecular weight is 407 g/mol. The maximum absolute atomic E-state index is 12.9. The monoisotopic (exact) mass is 406 g/mol. The molecule has 158 valence electrons. The molecule has 2 saturated heterocycles. The number of hydrogen-bond donors (Lipinski definition) is 1. The first-order chi connectivity index (χ1) is 14.5. The van der Waals surface area contributed by atoms with Gasteiger partial charge in [-0.1, -0.05) is 13.0 Å². The molecule has 1 aromatic carbocycles. The van der Waals surface area contributed by atoms with Crippen LogP contribution in [0.4, 0.5) is 11.4 Å². The lowest BCUT2D eigenvalue weighted by atomic mass is 9.83. The fourth-order valence-corrected chi connectivity index (χ4v) is 5.46. The summed E-state index contributed by atoms with van der Waals surface area (Å²) < 4.78 is 1.95. The molecule has 3 aliphatic heterocycles. The minimum absolute atomic E-state index is 0.0870. The summed E-state index contributed by atoms with van der Waals surface area (Å²) in [7, 11) is 0. The quantitative estimate of drug-likeness (QED) is 0.779. The van der Waals surface area contributed by atoms with Crippen molar-refractivity contribution in [3.63, 3.8) is 0 Å². The molecule has 0 radical (unpaired) electrons. The van der Waals surface area contributed by atoms with Crippen LogP contribution in [0.3, 0.4) is 0 Å². The molecule has 2 aromatic rings. The predicted molar refractivity (Wildman–Crippen MR) is 119 cm³/mol. The molecule has 5 rings (SSSR count). The number of nitrogens with two attached hydrogens (primary N) is 1. The highest BCUT2D eigenvalue weighted by Crippen LogP contribution is 2.38. The minimum Gasteiger partial charge on any atom is -0.397 e. The summed E-state index contributed by atoms with van der Waals surface area (Å²) in [4.78, 5) is 29.4. The van der Waals surface area contributed by atoms with E-state index in [1.54, 1.807) is 6.07 Å². The standard InChI is InChI=1S/C24H30N4O2/c1-16-7-9-26(10-8-16)24(30)18-5-6-22(20(25)12-18)27-13-17-11-19(15-27)21-3-2-4-23(29)28(21)14-17/h2-6,12,16-17,19H,7-11,13-15,25H2,1H3. The Morgan fingerprint density at radius 3 is 2.63 bits per heavy atom. The van der Waals surface area contributed by atoms with E-state index >= 15 is 0 Å². The van der Waals surface area contributed by atoms with E-state index in [1.807, 2.05) is 33.7 Å². The zero-order chi connectivity index (χ0) is 20.8. The van der Waals surface area contributed by atoms with Gasteiger partial charge in [-0.2, -0.15) is 0 Å². The topological polar surface area (TPSA) is 71.6 Å². The highest BCUT2D eigenvalue weighted by molar-refractivity contribution is 5.96. The van der Waals surface area contributed by atoms with Crippen LogP contribution < -0.4 is 16.2 Å². The number of rotatable bonds is 2. The van der Waals surface area contributed by atoms with Gasteiger partial charge in [-0.15, -0.1) is 0 Å². The Hall–Kier alpha value is -2.76. The zero-order valence-electron chi connectivity index (χ0n) is 17.6. The second kappa shape index (κ2) is 7.49. The molecule has 0 spiro atoms. The second-order valence-corrected chi connectivity index (χ2v) is 9.35. The first kappa shape index (κ1) is 19.2. The average Bonchev–Trinajstić information content (AvgIpc) is 2.74. The molecule has 2 atom stereocenters. The van der Waals surface area contributed by atoms with Crippen molar-refractivity contribution in [2.75, 3.05) is 36.8 Å². The molecular formula is C24H30N4O2. The largest absolute Gasteiger partial charge is 0.397 e. The van der Waals surface area contributed by atoms with Gasteiger partial charge in [0.05, 0.1) is 11.4 Å². The molecule has 6 heteroatoms. The van der Waals surface area contributed by atoms with Crippen molar-refractivity contribution >= 4 is 17.3 Å². The van der Waals surface area contributed by atoms with Crippen molar-refractivity contribution in [2.24, 2.45) is 11.8 Å². The Labute approximate surface area is 177 Å². The number of anilines is 2. The van der Waals surface area contributed by atoms with E-state index < -0.39 is 0 Å². The van der Waals surface area contributed by atoms with Crippen molar-refractivity contribution in [3.05, 3.63) is 58.0 Å². The molecule has 6 nitrogen and oxygen atoms in total. The Balaban J connectivity index is 1.36. The molecule has 0 aliphatic carbocycles. The maximum Gasteiger partial charge on any atom is 0.253 e. The first-order valence-electron chi connectivity index (χ1n) is 11.1. The number of nitrogens with zero attached hydrogens (tertiary/aromatic N) is 3. The molecule has 30 heavy (non-hydrogen) atoms. The van der Waals surface area contributed by atoms with Crippen molar-refractivity contribution < 1.29 is 4.79 Å². The number of nitrogen functional groups attached to an aromatic ring is 1. The maximum atomic E-state index is 12.9. The number of carbonyl (C=O) groups is 1. The number of aromatic nitrogens is 1. The van der Waals surface area contributed by atoms with E-state index in [0.29, 0.717) is 29.0 Å². The number of likely N-dealkylation sites (tertiary alicyclic amines) is 1. The van der Waals surface area contributed by atoms with Gasteiger partial charge in [0.1, 0.15) is 0 Å². The zero-order valence-corrected chi connectivity index (χ0v) is 17.6. The van der Waals surface area contributed by atoms with Crippen LogP contribution in [0, 0.1) is 11.8 Å². The Morgan fingerprint density at radius 1 is 1.07 bits per heavy atom. The summed E-state index contributed by atoms with van der Waals surface area (Å²) in [6, 6.07) is 11.4. The molecule has 2 N–H and O–H groups in total. The van der Waals surface area contributed by atoms with Crippen LogP contribution >= 0.6 is 0 Å². The number of benzene rings is 1. The van der Waals surface area contributed by atoms with Gasteiger partial charge < -0.3 is 20.1 Å². The first-order valence-corrected chi connectivity index (χ1v) is 11.1. The number of carbonyl (C=O) groups excluding carboxylic acids is 1. The van der Waals surface area contributed by atoms with E-state index in [0.717, 1.165) is 63.4 Å². The van der Waals surface area contributed by atoms with E-state index in [4.69, 9.17) is 5.73 Å². The summed E-state index contributed by atoms with van der Waals surface area (Å²) in [5, 5.41) is 0. The van der Waals surface area contributed by atoms with Crippen LogP contribution in [0.2, 0.25) is 0 Å². The highest BCUT2D eigenvalue weighted by Gasteiger charge is 2.35. The predicted octanol–water partition coefficient (Wildman–Crippen LogP) is 2.93. The van der Waals surface area contributed by atoms with E-state index in [-0.39, 0.29) is 11.5 Å². The van der Waals surface area contributed by atoms with Gasteiger partial charge in [0, 0.05) is 56.0 Å². The molecule has 2 bridgehead atoms. The van der Waals surface area contributed by atoms with E-state index in [2.05, 4.69) is 17.9 Å². The Morgan fingerprint density at radius 2 is 1.87 bits per heavy atom. The van der Waals surface area contributed by atoms with Crippen molar-refractivity contribution in [1.29, 1.82) is 0 Å². The lowest BCUT2D eigenvalue weighted by Crippen LogP contribution is -2.47. The molecule has 1 aromatic heterocycles. The van der Waals surface area contributed by atoms with Gasteiger partial charge >= 0.3 is 0 Å². The van der Waals surface area contributed by atoms with Crippen molar-refractivity contribution in [2.45, 2.75) is 38.6 Å². The van der Waals surface area contributed by atoms with Gasteiger partial charge in [0.15, 0.2) is 0 Å². The molecular weight excluding hydrogens is 376 g/mol. The Bertz CT molecular complexity index is 1020. The molecule has 2 fully saturated rings. The molecule has 1 amide bonds. The van der Waals surface area contributed by atoms with E-state index in [1.165, 1.54) is 0 Å². The smallest absolute Gasteiger partial charge is 0.253 e. The lowest BCUT2D eigenvalue weighted by Gasteiger charge is -2.44. The SMILES string of the molecule is CC1CCN(C(=O)c2ccc(N3CC4CC(C3)c3cccc(=O)n3C4)c(N)c2)CC1. The third-order valence-corrected chi connectivity index (χ3v) is 7.17. The third kappa shape index (κ3) is 3.38. The Kier molecular flexibility index (Phi) is 4.80. The third-order valence-electron chi connectivity index (χ3n) is 7.17. The summed E-state index contributed by atoms with van der Waals surface area (Å²) in [6.45, 7) is 6.41. The van der Waals surface area contributed by atoms with Crippen LogP contribution in [-0.2, 0) is 6.54 Å². The number of amides is 1.